The molecule has 41 heteroatoms. The van der Waals surface area contributed by atoms with Gasteiger partial charge in [-0.1, -0.05) is 137 Å². The van der Waals surface area contributed by atoms with Gasteiger partial charge < -0.3 is 89.9 Å². The Morgan fingerprint density at radius 1 is 0.372 bits per heavy atom. The van der Waals surface area contributed by atoms with Crippen LogP contribution < -0.4 is 80.4 Å². The summed E-state index contributed by atoms with van der Waals surface area (Å²) >= 11 is 52.2. The van der Waals surface area contributed by atoms with E-state index in [-0.39, 0.29) is 115 Å². The fourth-order valence-corrected chi connectivity index (χ4v) is 18.8. The van der Waals surface area contributed by atoms with Crippen LogP contribution in [-0.2, 0) is 28.7 Å². The van der Waals surface area contributed by atoms with Gasteiger partial charge in [-0.25, -0.2) is 48.7 Å². The van der Waals surface area contributed by atoms with Crippen molar-refractivity contribution in [2.24, 2.45) is 0 Å². The Kier molecular flexibility index (Phi) is 34.9. The van der Waals surface area contributed by atoms with E-state index in [4.69, 9.17) is 140 Å². The third-order valence-corrected chi connectivity index (χ3v) is 25.8. The number of pyridine rings is 1. The third kappa shape index (κ3) is 23.8. The summed E-state index contributed by atoms with van der Waals surface area (Å²) < 4.78 is 84.1. The van der Waals surface area contributed by atoms with Crippen LogP contribution >= 0.6 is 92.8 Å². The van der Waals surface area contributed by atoms with Gasteiger partial charge in [-0.05, 0) is 129 Å². The van der Waals surface area contributed by atoms with Crippen molar-refractivity contribution >= 4 is 184 Å². The van der Waals surface area contributed by atoms with E-state index < -0.39 is 11.6 Å². The summed E-state index contributed by atoms with van der Waals surface area (Å²) in [5, 5.41) is 29.4. The zero-order valence-corrected chi connectivity index (χ0v) is 81.3. The number of amides is 4. The summed E-state index contributed by atoms with van der Waals surface area (Å²) in [4.78, 5) is 87.0. The minimum atomic E-state index is -0.592. The highest BCUT2D eigenvalue weighted by Crippen LogP contribution is 2.51. The molecule has 0 unspecified atom stereocenters. The van der Waals surface area contributed by atoms with Gasteiger partial charge >= 0.3 is 0 Å². The zero-order valence-electron chi connectivity index (χ0n) is 75.3. The molecular weight excluding hydrogens is 1940 g/mol. The number of rotatable bonds is 27. The van der Waals surface area contributed by atoms with Crippen molar-refractivity contribution < 1.29 is 75.3 Å². The number of fused-ring (bicyclic) bond motifs is 4. The van der Waals surface area contributed by atoms with Crippen molar-refractivity contribution in [1.29, 1.82) is 0 Å². The molecule has 7 aromatic carbocycles. The van der Waals surface area contributed by atoms with Crippen LogP contribution in [0.2, 0.25) is 40.2 Å². The van der Waals surface area contributed by atoms with Crippen LogP contribution in [0.4, 0.5) is 32.6 Å². The molecule has 0 spiro atoms. The number of methoxy groups -OCH3 is 8. The van der Waals surface area contributed by atoms with E-state index in [1.807, 2.05) is 24.3 Å². The van der Waals surface area contributed by atoms with Crippen LogP contribution in [0.3, 0.4) is 0 Å². The van der Waals surface area contributed by atoms with Crippen LogP contribution in [0.1, 0.15) is 58.3 Å². The van der Waals surface area contributed by atoms with Gasteiger partial charge in [-0.2, -0.15) is 4.98 Å². The lowest BCUT2D eigenvalue weighted by Gasteiger charge is -2.32. The number of nitrogens with one attached hydrogen (secondary N) is 8. The lowest BCUT2D eigenvalue weighted by molar-refractivity contribution is -0.118. The van der Waals surface area contributed by atoms with E-state index in [1.54, 1.807) is 76.1 Å². The molecule has 16 rings (SSSR count). The summed E-state index contributed by atoms with van der Waals surface area (Å²) in [6, 6.07) is 18.9. The van der Waals surface area contributed by atoms with Crippen LogP contribution in [0.25, 0.3) is 88.2 Å². The third-order valence-electron chi connectivity index (χ3n) is 22.8. The van der Waals surface area contributed by atoms with E-state index >= 15 is 8.78 Å². The summed E-state index contributed by atoms with van der Waals surface area (Å²) in [7, 11) is 12.0. The molecule has 5 aromatic heterocycles. The fraction of sp³-hybridized carbons (Fsp3) is 0.302. The Balaban J connectivity index is 0.000000154. The Bertz CT molecular complexity index is 6360. The number of nitrogens with zero attached hydrogens (tertiary/aromatic N) is 9. The molecule has 4 fully saturated rings. The first-order valence-corrected chi connectivity index (χ1v) is 45.6. The Morgan fingerprint density at radius 2 is 0.715 bits per heavy atom. The predicted octanol–water partition coefficient (Wildman–Crippen LogP) is 19.0. The van der Waals surface area contributed by atoms with Crippen molar-refractivity contribution in [3.05, 3.63) is 194 Å². The summed E-state index contributed by atoms with van der Waals surface area (Å²) in [5.74, 6) is 7.55. The average Bonchev–Trinajstić information content (AvgIpc) is 1.03. The molecule has 8 atom stereocenters. The van der Waals surface area contributed by atoms with E-state index in [0.717, 1.165) is 61.4 Å². The summed E-state index contributed by atoms with van der Waals surface area (Å²) in [5.41, 5.74) is 5.71. The molecule has 716 valence electrons. The number of hydrogen-bond acceptors (Lipinski definition) is 27. The molecule has 2 aliphatic carbocycles. The van der Waals surface area contributed by atoms with Gasteiger partial charge in [0.25, 0.3) is 5.91 Å². The number of halogens is 10. The van der Waals surface area contributed by atoms with Crippen LogP contribution in [-0.4, -0.2) is 200 Å². The molecule has 8 N–H and O–H groups in total. The number of carbonyl (C=O) groups excluding carboxylic acids is 4. The Morgan fingerprint density at radius 3 is 1.17 bits per heavy atom. The molecule has 4 aliphatic rings. The maximum atomic E-state index is 15.2. The molecule has 2 saturated heterocycles. The molecule has 0 radical (unpaired) electrons. The summed E-state index contributed by atoms with van der Waals surface area (Å²) in [6.45, 7) is 13.7. The normalized spacial score (nSPS) is 17.5. The number of benzene rings is 7. The van der Waals surface area contributed by atoms with E-state index in [0.29, 0.717) is 172 Å². The monoisotopic (exact) mass is 2030 g/mol. The minimum absolute atomic E-state index is 0.0221. The first-order valence-electron chi connectivity index (χ1n) is 42.6. The highest BCUT2D eigenvalue weighted by Gasteiger charge is 2.35. The SMILES string of the molecule is C=CC(=O)N[C@H]1CCC[C@H]1Nc1ncc2cc(-c3c(Cl)c(OC)cc(OC)c3Cl)cc(F)c2n1.C=CC(=O)N[C@H]1CCOC[C@H]1Nc1ncc2cc(-c3c(Cl)c(OC)cc(OC)c3Cl)cnc2n1.C=CC(=O)N[C@H]1COC[C@H]1Nc1ncc2cc(-c3c(Cl)c(OC)cc(OC)c3Cl)cc(F)c2n1.CC#CC(=O)N[C@H]1CCCC[C@H]1Nc1ncc2cc(-c3c(Cl)c(OC)cc(OC)c3Cl)ccc2n1. The van der Waals surface area contributed by atoms with Crippen molar-refractivity contribution in [2.45, 2.75) is 107 Å². The molecule has 2 saturated carbocycles. The lowest BCUT2D eigenvalue weighted by atomic mass is 9.90. The topological polar surface area (TPSA) is 373 Å². The van der Waals surface area contributed by atoms with Crippen molar-refractivity contribution in [3.8, 4) is 102 Å². The zero-order chi connectivity index (χ0) is 98.0. The van der Waals surface area contributed by atoms with Crippen molar-refractivity contribution in [3.63, 3.8) is 0 Å². The van der Waals surface area contributed by atoms with E-state index in [1.165, 1.54) is 85.4 Å². The summed E-state index contributed by atoms with van der Waals surface area (Å²) in [6.07, 6.45) is 18.9. The molecule has 0 bridgehead atoms. The number of ether oxygens (including phenoxy) is 10. The maximum absolute atomic E-state index is 15.2. The fourth-order valence-electron chi connectivity index (χ4n) is 16.0. The Hall–Kier alpha value is -12.6. The largest absolute Gasteiger partial charge is 0.495 e. The number of anilines is 4. The Labute approximate surface area is 826 Å². The van der Waals surface area contributed by atoms with Crippen molar-refractivity contribution in [2.75, 3.05) is 105 Å². The molecule has 31 nitrogen and oxygen atoms in total. The van der Waals surface area contributed by atoms with Gasteiger partial charge in [-0.3, -0.25) is 19.2 Å². The van der Waals surface area contributed by atoms with Gasteiger partial charge in [0.05, 0.1) is 147 Å². The van der Waals surface area contributed by atoms with Gasteiger partial charge in [0.15, 0.2) is 5.65 Å². The van der Waals surface area contributed by atoms with Crippen LogP contribution in [0.15, 0.2) is 142 Å². The quantitative estimate of drug-likeness (QED) is 0.0175. The second-order valence-corrected chi connectivity index (χ2v) is 34.2. The number of carbonyl (C=O) groups is 4. The second kappa shape index (κ2) is 47.0. The number of aromatic nitrogens is 9. The molecule has 12 aromatic rings. The van der Waals surface area contributed by atoms with E-state index in [2.05, 4.69) is 119 Å². The van der Waals surface area contributed by atoms with Crippen molar-refractivity contribution in [1.82, 2.24) is 66.1 Å². The standard InChI is InChI=1S/C26H26Cl2N4O3.C24H23Cl2FN4O3.C23H21Cl2FN4O4.C23H23Cl2N5O4/c1-4-7-22(33)30-18-8-5-6-9-19(18)32-26-29-14-16-12-15(10-11-17(16)31-26)23-24(27)20(34-2)13-21(35-3)25(23)28;1-4-19(32)29-15-6-5-7-16(15)30-24-28-11-13-8-12(9-14(27)23(13)31-24)20-21(25)17(33-2)10-18(34-3)22(20)26;1-4-18(31)28-14-9-34-10-15(14)29-23-27-8-12-5-11(6-13(26)22(12)30-23)19-20(24)16(32-2)7-17(33-3)21(19)25;1-4-18(31)28-14-5-6-34-11-15(14)29-23-27-10-13-7-12(9-26-22(13)30-23)19-20(24)16(32-2)8-17(33-3)21(19)25/h10-14,18-19H,5-6,8-9H2,1-3H3,(H,30,33)(H,29,31,32);4,8-11,15-16H,1,5-7H2,2-3H3,(H,29,32)(H,28,30,31);4-8,14-15H,1,9-10H2,2-3H3,(H,28,31)(H,27,29,30);4,7-10,14-15H,1,5-6,11H2,2-3H3,(H,28,31)(H,26,27,29,30)/t18-,19+;15-,16+;2*14-,15+/m0000/s1. The highest BCUT2D eigenvalue weighted by atomic mass is 35.5. The van der Waals surface area contributed by atoms with Gasteiger partial charge in [0.1, 0.15) is 68.7 Å². The average molecular weight is 2030 g/mol. The van der Waals surface area contributed by atoms with Crippen LogP contribution in [0.5, 0.6) is 46.0 Å². The van der Waals surface area contributed by atoms with Gasteiger partial charge in [-0.15, -0.1) is 0 Å². The second-order valence-electron chi connectivity index (χ2n) is 31.1. The predicted molar refractivity (Wildman–Crippen MR) is 530 cm³/mol. The molecular formula is C96H93Cl8F2N17O14. The number of hydrogen-bond donors (Lipinski definition) is 8. The first kappa shape index (κ1) is 102. The smallest absolute Gasteiger partial charge is 0.296 e. The molecule has 7 heterocycles. The minimum Gasteiger partial charge on any atom is -0.495 e. The maximum Gasteiger partial charge on any atom is 0.296 e. The van der Waals surface area contributed by atoms with Gasteiger partial charge in [0, 0.05) is 135 Å². The highest BCUT2D eigenvalue weighted by molar-refractivity contribution is 6.43. The van der Waals surface area contributed by atoms with Crippen LogP contribution in [0, 0.1) is 23.5 Å². The first-order chi connectivity index (χ1) is 66.1. The molecule has 2 aliphatic heterocycles. The molecule has 4 amide bonds. The van der Waals surface area contributed by atoms with Gasteiger partial charge in [0.2, 0.25) is 41.5 Å². The van der Waals surface area contributed by atoms with E-state index in [9.17, 15) is 19.2 Å². The lowest BCUT2D eigenvalue weighted by Crippen LogP contribution is -2.52. The molecule has 137 heavy (non-hydrogen) atoms.